The molecule has 12 aromatic rings. The van der Waals surface area contributed by atoms with Crippen LogP contribution in [-0.2, 0) is 17.9 Å². The Hall–Kier alpha value is -7.09. The fourth-order valence-corrected chi connectivity index (χ4v) is 12.5. The maximum atomic E-state index is 7.30. The number of aromatic nitrogens is 3. The zero-order valence-electron chi connectivity index (χ0n) is 37.5. The summed E-state index contributed by atoms with van der Waals surface area (Å²) in [5, 5.41) is 7.39. The second-order valence-electron chi connectivity index (χ2n) is 20.4. The first kappa shape index (κ1) is 37.3. The van der Waals surface area contributed by atoms with Gasteiger partial charge in [-0.15, -0.1) is 11.3 Å². The van der Waals surface area contributed by atoms with Crippen molar-refractivity contribution >= 4 is 115 Å². The van der Waals surface area contributed by atoms with Crippen molar-refractivity contribution in [3.8, 4) is 28.2 Å². The molecule has 0 saturated heterocycles. The van der Waals surface area contributed by atoms with Crippen molar-refractivity contribution in [1.82, 2.24) is 14.1 Å². The number of para-hydroxylation sites is 1. The van der Waals surface area contributed by atoms with Crippen molar-refractivity contribution in [1.29, 1.82) is 0 Å². The summed E-state index contributed by atoms with van der Waals surface area (Å²) in [5.74, 6) is 0.957. The van der Waals surface area contributed by atoms with E-state index in [2.05, 4.69) is 208 Å². The number of nitrogens with zero attached hydrogens (tertiary/aromatic N) is 4. The number of fused-ring (bicyclic) bond motifs is 17. The van der Waals surface area contributed by atoms with Crippen molar-refractivity contribution < 1.29 is 4.42 Å². The van der Waals surface area contributed by atoms with E-state index in [1.165, 1.54) is 91.9 Å². The highest BCUT2D eigenvalue weighted by molar-refractivity contribution is 7.25. The standard InChI is InChI=1S/C58H45BN4OS/c1-57(2,3)33-21-24-35(25-22-33)63-44-31-49-38(36-17-12-14-20-48(36)65-49)28-40(44)52-53-54-50(51-37-18-11-13-19-47(37)64-55(51)52)39-27-34(58(4,5)6)23-26-43(39)62(54)45-30-46-42(29-41(45)59(53)63)60-56(61(46)7)32-15-9-8-10-16-32/h8-31H,1-7H3. The molecule has 312 valence electrons. The molecule has 0 N–H and O–H groups in total. The van der Waals surface area contributed by atoms with Gasteiger partial charge in [0.05, 0.1) is 22.1 Å². The quantitative estimate of drug-likeness (QED) is 0.163. The van der Waals surface area contributed by atoms with Crippen LogP contribution in [-0.4, -0.2) is 21.0 Å². The molecule has 0 amide bonds. The van der Waals surface area contributed by atoms with Crippen molar-refractivity contribution in [2.45, 2.75) is 52.4 Å². The molecule has 0 unspecified atom stereocenters. The summed E-state index contributed by atoms with van der Waals surface area (Å²) >= 11 is 1.88. The lowest BCUT2D eigenvalue weighted by Gasteiger charge is -2.42. The predicted octanol–water partition coefficient (Wildman–Crippen LogP) is 14.4. The van der Waals surface area contributed by atoms with Crippen LogP contribution in [0.5, 0.6) is 0 Å². The first-order chi connectivity index (χ1) is 31.4. The average Bonchev–Trinajstić information content (AvgIpc) is 4.05. The van der Waals surface area contributed by atoms with Gasteiger partial charge in [-0.1, -0.05) is 126 Å². The molecule has 6 heterocycles. The number of anilines is 2. The van der Waals surface area contributed by atoms with E-state index in [4.69, 9.17) is 9.40 Å². The van der Waals surface area contributed by atoms with Gasteiger partial charge in [-0.2, -0.15) is 0 Å². The molecule has 65 heavy (non-hydrogen) atoms. The Bertz CT molecular complexity index is 4040. The van der Waals surface area contributed by atoms with Crippen molar-refractivity contribution in [2.75, 3.05) is 4.81 Å². The molecule has 0 fully saturated rings. The first-order valence-corrected chi connectivity index (χ1v) is 23.6. The SMILES string of the molecule is Cn1c(-c2ccccc2)nc2cc3c(cc21)-n1c2ccc(C(C)(C)C)cc2c2c4c(oc5ccccc54)c4c(c21)B3N(c1ccc(C(C)(C)C)cc1)c1cc2sc3ccccc3c2cc1-4. The lowest BCUT2D eigenvalue weighted by Crippen LogP contribution is -2.60. The van der Waals surface area contributed by atoms with E-state index in [-0.39, 0.29) is 17.7 Å². The van der Waals surface area contributed by atoms with Crippen LogP contribution in [0.3, 0.4) is 0 Å². The van der Waals surface area contributed by atoms with E-state index in [1.807, 2.05) is 11.3 Å². The summed E-state index contributed by atoms with van der Waals surface area (Å²) in [4.78, 5) is 8.08. The number of benzene rings is 8. The van der Waals surface area contributed by atoms with Crippen LogP contribution >= 0.6 is 11.3 Å². The van der Waals surface area contributed by atoms with E-state index in [9.17, 15) is 0 Å². The highest BCUT2D eigenvalue weighted by Crippen LogP contribution is 2.53. The minimum absolute atomic E-state index is 0.0125. The number of thiophene rings is 1. The summed E-state index contributed by atoms with van der Waals surface area (Å²) in [6, 6.07) is 54.5. The Balaban J connectivity index is 1.22. The zero-order valence-corrected chi connectivity index (χ0v) is 38.4. The molecule has 5 nitrogen and oxygen atoms in total. The summed E-state index contributed by atoms with van der Waals surface area (Å²) in [6.07, 6.45) is 0. The Morgan fingerprint density at radius 1 is 0.600 bits per heavy atom. The van der Waals surface area contributed by atoms with Gasteiger partial charge in [0.2, 0.25) is 0 Å². The Kier molecular flexibility index (Phi) is 7.22. The van der Waals surface area contributed by atoms with E-state index in [0.29, 0.717) is 0 Å². The topological polar surface area (TPSA) is 39.1 Å². The molecule has 0 saturated carbocycles. The molecule has 8 aromatic carbocycles. The molecule has 0 aliphatic carbocycles. The molecule has 2 aliphatic heterocycles. The fraction of sp³-hybridized carbons (Fsp3) is 0.155. The maximum Gasteiger partial charge on any atom is 0.333 e. The van der Waals surface area contributed by atoms with E-state index < -0.39 is 0 Å². The highest BCUT2D eigenvalue weighted by Gasteiger charge is 2.47. The molecule has 14 rings (SSSR count). The molecule has 7 heteroatoms. The minimum Gasteiger partial charge on any atom is -0.455 e. The third-order valence-electron chi connectivity index (χ3n) is 14.6. The number of rotatable bonds is 2. The van der Waals surface area contributed by atoms with Crippen LogP contribution in [0.4, 0.5) is 11.4 Å². The van der Waals surface area contributed by atoms with Crippen LogP contribution in [0.15, 0.2) is 150 Å². The number of aryl methyl sites for hydroxylation is 1. The molecular formula is C58H45BN4OS. The largest absolute Gasteiger partial charge is 0.455 e. The van der Waals surface area contributed by atoms with Gasteiger partial charge in [-0.05, 0) is 93.5 Å². The van der Waals surface area contributed by atoms with Gasteiger partial charge in [0, 0.05) is 82.5 Å². The second-order valence-corrected chi connectivity index (χ2v) is 21.5. The monoisotopic (exact) mass is 856 g/mol. The van der Waals surface area contributed by atoms with E-state index in [1.54, 1.807) is 0 Å². The van der Waals surface area contributed by atoms with Gasteiger partial charge in [0.25, 0.3) is 0 Å². The molecular weight excluding hydrogens is 812 g/mol. The van der Waals surface area contributed by atoms with Crippen LogP contribution in [0.1, 0.15) is 52.7 Å². The molecule has 2 aliphatic rings. The van der Waals surface area contributed by atoms with Gasteiger partial charge in [-0.25, -0.2) is 4.98 Å². The van der Waals surface area contributed by atoms with Gasteiger partial charge in [0.1, 0.15) is 17.0 Å². The maximum absolute atomic E-state index is 7.30. The summed E-state index contributed by atoms with van der Waals surface area (Å²) < 4.78 is 14.7. The van der Waals surface area contributed by atoms with Gasteiger partial charge < -0.3 is 18.4 Å². The lowest BCUT2D eigenvalue weighted by molar-refractivity contribution is 0.590. The number of furan rings is 1. The van der Waals surface area contributed by atoms with Crippen molar-refractivity contribution in [2.24, 2.45) is 7.05 Å². The number of imidazole rings is 1. The first-order valence-electron chi connectivity index (χ1n) is 22.8. The molecule has 0 bridgehead atoms. The summed E-state index contributed by atoms with van der Waals surface area (Å²) in [5.41, 5.74) is 18.5. The van der Waals surface area contributed by atoms with Crippen LogP contribution in [0, 0.1) is 0 Å². The lowest BCUT2D eigenvalue weighted by atomic mass is 9.43. The number of hydrogen-bond donors (Lipinski definition) is 0. The zero-order chi connectivity index (χ0) is 43.8. The second kappa shape index (κ2) is 12.6. The molecule has 0 atom stereocenters. The summed E-state index contributed by atoms with van der Waals surface area (Å²) in [6.45, 7) is 13.6. The Morgan fingerprint density at radius 2 is 1.32 bits per heavy atom. The molecule has 0 spiro atoms. The third-order valence-corrected chi connectivity index (χ3v) is 15.7. The number of hydrogen-bond acceptors (Lipinski definition) is 4. The molecule has 4 aromatic heterocycles. The average molecular weight is 857 g/mol. The van der Waals surface area contributed by atoms with E-state index >= 15 is 0 Å². The van der Waals surface area contributed by atoms with Crippen molar-refractivity contribution in [3.05, 3.63) is 157 Å². The van der Waals surface area contributed by atoms with Crippen LogP contribution in [0.25, 0.3) is 103 Å². The van der Waals surface area contributed by atoms with Gasteiger partial charge >= 0.3 is 6.85 Å². The summed E-state index contributed by atoms with van der Waals surface area (Å²) in [7, 11) is 2.16. The normalized spacial score (nSPS) is 13.7. The smallest absolute Gasteiger partial charge is 0.333 e. The third kappa shape index (κ3) is 4.97. The Morgan fingerprint density at radius 3 is 2.11 bits per heavy atom. The predicted molar refractivity (Wildman–Crippen MR) is 277 cm³/mol. The van der Waals surface area contributed by atoms with Crippen LogP contribution < -0.4 is 15.7 Å². The van der Waals surface area contributed by atoms with E-state index in [0.717, 1.165) is 44.7 Å². The minimum atomic E-state index is -0.203. The Labute approximate surface area is 381 Å². The molecule has 0 radical (unpaired) electrons. The van der Waals surface area contributed by atoms with Gasteiger partial charge in [-0.3, -0.25) is 0 Å². The van der Waals surface area contributed by atoms with Crippen molar-refractivity contribution in [3.63, 3.8) is 0 Å². The fourth-order valence-electron chi connectivity index (χ4n) is 11.4. The van der Waals surface area contributed by atoms with Crippen LogP contribution in [0.2, 0.25) is 0 Å². The van der Waals surface area contributed by atoms with Gasteiger partial charge in [0.15, 0.2) is 0 Å². The highest BCUT2D eigenvalue weighted by atomic mass is 32.1.